The van der Waals surface area contributed by atoms with Gasteiger partial charge in [-0.25, -0.2) is 4.98 Å². The van der Waals surface area contributed by atoms with Crippen molar-refractivity contribution in [3.8, 4) is 22.5 Å². The van der Waals surface area contributed by atoms with Crippen LogP contribution in [0.3, 0.4) is 0 Å². The number of carbonyl (C=O) groups is 1. The van der Waals surface area contributed by atoms with E-state index in [0.29, 0.717) is 110 Å². The Balaban J connectivity index is 1.02. The van der Waals surface area contributed by atoms with Crippen molar-refractivity contribution in [2.45, 2.75) is 59.0 Å². The second-order valence-corrected chi connectivity index (χ2v) is 13.7. The highest BCUT2D eigenvalue weighted by atomic mass is 35.5. The van der Waals surface area contributed by atoms with Crippen molar-refractivity contribution in [1.82, 2.24) is 35.5 Å². The Bertz CT molecular complexity index is 1680. The molecule has 0 spiro atoms. The Morgan fingerprint density at radius 3 is 1.71 bits per heavy atom. The molecular weight excluding hydrogens is 782 g/mol. The number of nitrogens with one attached hydrogen (secondary N) is 2. The van der Waals surface area contributed by atoms with Crippen molar-refractivity contribution in [3.05, 3.63) is 70.8 Å². The van der Waals surface area contributed by atoms with Gasteiger partial charge >= 0.3 is 0 Å². The minimum atomic E-state index is -0.133. The number of H-pyrrole nitrogens is 1. The molecule has 0 aliphatic carbocycles. The average Bonchev–Trinajstić information content (AvgIpc) is 3.90. The van der Waals surface area contributed by atoms with Crippen LogP contribution in [0.5, 0.6) is 0 Å². The number of benzene rings is 2. The fraction of sp³-hybridized carbons (Fsp3) is 0.595. The van der Waals surface area contributed by atoms with Crippen molar-refractivity contribution in [2.24, 2.45) is 0 Å². The van der Waals surface area contributed by atoms with Gasteiger partial charge in [0.2, 0.25) is 11.7 Å². The van der Waals surface area contributed by atoms with Crippen LogP contribution in [0.15, 0.2) is 48.5 Å². The van der Waals surface area contributed by atoms with Crippen LogP contribution < -0.4 is 5.32 Å². The van der Waals surface area contributed by atoms with E-state index >= 15 is 0 Å². The molecule has 326 valence electrons. The zero-order chi connectivity index (χ0) is 41.6. The molecule has 4 rings (SSSR count). The second-order valence-electron chi connectivity index (χ2n) is 13.4. The summed E-state index contributed by atoms with van der Waals surface area (Å²) in [5.41, 5.74) is 4.80. The van der Waals surface area contributed by atoms with Crippen LogP contribution in [0, 0.1) is 0 Å². The number of hydrogen-bond acceptors (Lipinski definition) is 13. The van der Waals surface area contributed by atoms with Gasteiger partial charge in [-0.05, 0) is 34.7 Å². The standard InChI is InChI=1S/C42H62ClN7O9/c1-3-5-10-39-45-41(43)38(50(39)33-34-11-13-35(14-12-34)36-8-6-7-9-37(36)42-46-48-49-47-42)32-44-40(51)15-17-53-19-21-55-23-25-57-27-29-59-31-30-58-28-26-56-24-22-54-20-18-52-16-4-2/h6-9,11-14H,3-5,10,15-33H2,1-2H3,(H,44,51)(H,46,47,48,49). The number of imidazole rings is 1. The lowest BCUT2D eigenvalue weighted by molar-refractivity contribution is -0.122. The largest absolute Gasteiger partial charge is 0.379 e. The molecule has 17 heteroatoms. The maximum atomic E-state index is 12.7. The number of aryl methyl sites for hydroxylation is 1. The fourth-order valence-electron chi connectivity index (χ4n) is 5.79. The van der Waals surface area contributed by atoms with Gasteiger partial charge in [0.05, 0.1) is 111 Å². The van der Waals surface area contributed by atoms with Crippen LogP contribution in [0.4, 0.5) is 0 Å². The number of ether oxygens (including phenoxy) is 8. The van der Waals surface area contributed by atoms with Crippen molar-refractivity contribution < 1.29 is 42.7 Å². The lowest BCUT2D eigenvalue weighted by atomic mass is 9.98. The molecule has 0 fully saturated rings. The van der Waals surface area contributed by atoms with E-state index in [2.05, 4.69) is 73.6 Å². The van der Waals surface area contributed by atoms with Crippen molar-refractivity contribution in [1.29, 1.82) is 0 Å². The molecule has 0 bridgehead atoms. The van der Waals surface area contributed by atoms with E-state index in [1.54, 1.807) is 0 Å². The molecule has 2 N–H and O–H groups in total. The van der Waals surface area contributed by atoms with E-state index in [9.17, 15) is 4.79 Å². The average molecular weight is 844 g/mol. The first-order chi connectivity index (χ1) is 29.1. The summed E-state index contributed by atoms with van der Waals surface area (Å²) in [5.74, 6) is 1.31. The molecule has 2 aromatic heterocycles. The fourth-order valence-corrected chi connectivity index (χ4v) is 6.05. The predicted molar refractivity (Wildman–Crippen MR) is 223 cm³/mol. The van der Waals surface area contributed by atoms with Gasteiger partial charge in [-0.3, -0.25) is 4.79 Å². The molecule has 59 heavy (non-hydrogen) atoms. The number of carbonyl (C=O) groups excluding carboxylic acids is 1. The monoisotopic (exact) mass is 843 g/mol. The Labute approximate surface area is 352 Å². The number of tetrazole rings is 1. The molecule has 0 saturated heterocycles. The third-order valence-corrected chi connectivity index (χ3v) is 9.16. The number of rotatable bonds is 35. The summed E-state index contributed by atoms with van der Waals surface area (Å²) >= 11 is 6.66. The predicted octanol–water partition coefficient (Wildman–Crippen LogP) is 5.32. The molecule has 0 unspecified atom stereocenters. The summed E-state index contributed by atoms with van der Waals surface area (Å²) in [5, 5.41) is 17.9. The molecule has 2 aromatic carbocycles. The number of nitrogens with zero attached hydrogens (tertiary/aromatic N) is 5. The first-order valence-electron chi connectivity index (χ1n) is 20.6. The Morgan fingerprint density at radius 1 is 0.678 bits per heavy atom. The normalized spacial score (nSPS) is 11.4. The van der Waals surface area contributed by atoms with Gasteiger partial charge in [0.15, 0.2) is 5.15 Å². The van der Waals surface area contributed by atoms with Crippen LogP contribution in [0.2, 0.25) is 5.15 Å². The summed E-state index contributed by atoms with van der Waals surface area (Å²) in [7, 11) is 0. The van der Waals surface area contributed by atoms with E-state index in [1.165, 1.54) is 0 Å². The topological polar surface area (TPSA) is 175 Å². The number of hydrogen-bond donors (Lipinski definition) is 2. The van der Waals surface area contributed by atoms with Crippen molar-refractivity contribution in [2.75, 3.05) is 106 Å². The maximum Gasteiger partial charge on any atom is 0.222 e. The van der Waals surface area contributed by atoms with E-state index in [0.717, 1.165) is 66.1 Å². The van der Waals surface area contributed by atoms with E-state index in [4.69, 9.17) is 49.5 Å². The van der Waals surface area contributed by atoms with Gasteiger partial charge in [-0.15, -0.1) is 10.2 Å². The maximum absolute atomic E-state index is 12.7. The van der Waals surface area contributed by atoms with Crippen molar-refractivity contribution >= 4 is 17.5 Å². The molecular formula is C42H62ClN7O9. The van der Waals surface area contributed by atoms with Crippen molar-refractivity contribution in [3.63, 3.8) is 0 Å². The minimum Gasteiger partial charge on any atom is -0.379 e. The van der Waals surface area contributed by atoms with Crippen LogP contribution in [0.1, 0.15) is 56.6 Å². The molecule has 0 atom stereocenters. The summed E-state index contributed by atoms with van der Waals surface area (Å²) < 4.78 is 46.1. The minimum absolute atomic E-state index is 0.133. The summed E-state index contributed by atoms with van der Waals surface area (Å²) in [6, 6.07) is 16.3. The molecule has 0 aliphatic heterocycles. The summed E-state index contributed by atoms with van der Waals surface area (Å²) in [6.45, 7) is 13.1. The molecule has 0 aliphatic rings. The molecule has 0 radical (unpaired) electrons. The first-order valence-corrected chi connectivity index (χ1v) is 21.0. The van der Waals surface area contributed by atoms with Crippen LogP contribution in [-0.4, -0.2) is 142 Å². The summed E-state index contributed by atoms with van der Waals surface area (Å²) in [6.07, 6.45) is 4.03. The SMILES string of the molecule is CCCCc1nc(Cl)c(CNC(=O)CCOCCOCCOCCOCCOCCOCCOCCOCCC)n1Cc1ccc(-c2ccccc2-c2nn[nH]n2)cc1. The third kappa shape index (κ3) is 19.0. The zero-order valence-electron chi connectivity index (χ0n) is 34.7. The zero-order valence-corrected chi connectivity index (χ0v) is 35.4. The van der Waals surface area contributed by atoms with Gasteiger partial charge in [0.25, 0.3) is 0 Å². The number of aromatic amines is 1. The van der Waals surface area contributed by atoms with E-state index in [1.807, 2.05) is 24.3 Å². The first kappa shape index (κ1) is 47.8. The lowest BCUT2D eigenvalue weighted by Gasteiger charge is -2.14. The highest BCUT2D eigenvalue weighted by Crippen LogP contribution is 2.30. The highest BCUT2D eigenvalue weighted by Gasteiger charge is 2.18. The molecule has 0 saturated carbocycles. The van der Waals surface area contributed by atoms with Gasteiger partial charge in [-0.2, -0.15) is 5.21 Å². The number of halogens is 1. The Hall–Kier alpha value is -3.84. The third-order valence-electron chi connectivity index (χ3n) is 8.85. The number of amides is 1. The van der Waals surface area contributed by atoms with E-state index < -0.39 is 0 Å². The van der Waals surface area contributed by atoms with Gasteiger partial charge in [0, 0.05) is 31.6 Å². The lowest BCUT2D eigenvalue weighted by Crippen LogP contribution is -2.26. The Morgan fingerprint density at radius 2 is 1.20 bits per heavy atom. The smallest absolute Gasteiger partial charge is 0.222 e. The Kier molecular flexibility index (Phi) is 24.5. The van der Waals surface area contributed by atoms with Crippen LogP contribution >= 0.6 is 11.6 Å². The second kappa shape index (κ2) is 30.2. The number of unbranched alkanes of at least 4 members (excludes halogenated alkanes) is 1. The molecule has 16 nitrogen and oxygen atoms in total. The summed E-state index contributed by atoms with van der Waals surface area (Å²) in [4.78, 5) is 17.4. The van der Waals surface area contributed by atoms with Gasteiger partial charge in [-0.1, -0.05) is 80.4 Å². The quantitative estimate of drug-likeness (QED) is 0.0570. The molecule has 1 amide bonds. The highest BCUT2D eigenvalue weighted by molar-refractivity contribution is 6.30. The van der Waals surface area contributed by atoms with Crippen LogP contribution in [-0.2, 0) is 62.2 Å². The molecule has 2 heterocycles. The van der Waals surface area contributed by atoms with Gasteiger partial charge < -0.3 is 47.8 Å². The molecule has 4 aromatic rings. The van der Waals surface area contributed by atoms with Gasteiger partial charge in [0.1, 0.15) is 5.82 Å². The van der Waals surface area contributed by atoms with E-state index in [-0.39, 0.29) is 25.5 Å². The number of aromatic nitrogens is 6. The van der Waals surface area contributed by atoms with Crippen LogP contribution in [0.25, 0.3) is 22.5 Å².